The third-order valence-electron chi connectivity index (χ3n) is 3.70. The fraction of sp³-hybridized carbons (Fsp3) is 0.286. The van der Waals surface area contributed by atoms with Crippen molar-refractivity contribution in [3.8, 4) is 0 Å². The summed E-state index contributed by atoms with van der Waals surface area (Å²) in [5, 5.41) is 10.4. The van der Waals surface area contributed by atoms with Crippen LogP contribution in [0.1, 0.15) is 15.3 Å². The Kier molecular flexibility index (Phi) is 2.95. The molecule has 0 aliphatic carbocycles. The molecule has 0 unspecified atom stereocenters. The van der Waals surface area contributed by atoms with Gasteiger partial charge in [0, 0.05) is 21.6 Å². The summed E-state index contributed by atoms with van der Waals surface area (Å²) in [6.45, 7) is 1.39. The van der Waals surface area contributed by atoms with E-state index in [1.54, 1.807) is 16.7 Å². The highest BCUT2D eigenvalue weighted by Crippen LogP contribution is 2.45. The number of β-lactam (4-membered cyclic amide) rings is 1. The number of aliphatic carboxylic acids is 1. The van der Waals surface area contributed by atoms with E-state index in [1.807, 2.05) is 6.08 Å². The van der Waals surface area contributed by atoms with Crippen molar-refractivity contribution in [3.05, 3.63) is 38.1 Å². The number of hydrogen-bond donors (Lipinski definition) is 1. The van der Waals surface area contributed by atoms with Crippen molar-refractivity contribution in [2.45, 2.75) is 18.4 Å². The Morgan fingerprint density at radius 2 is 2.38 bits per heavy atom. The summed E-state index contributed by atoms with van der Waals surface area (Å²) in [6.07, 6.45) is 2.81. The summed E-state index contributed by atoms with van der Waals surface area (Å²) in [5.74, 6) is -1.26. The molecule has 21 heavy (non-hydrogen) atoms. The van der Waals surface area contributed by atoms with E-state index < -0.39 is 5.97 Å². The molecule has 0 bridgehead atoms. The van der Waals surface area contributed by atoms with Gasteiger partial charge < -0.3 is 9.84 Å². The van der Waals surface area contributed by atoms with Crippen molar-refractivity contribution in [1.29, 1.82) is 0 Å². The van der Waals surface area contributed by atoms with Crippen molar-refractivity contribution >= 4 is 41.1 Å². The number of fused-ring (bicyclic) bond motifs is 2. The fourth-order valence-corrected chi connectivity index (χ4v) is 4.89. The van der Waals surface area contributed by atoms with E-state index in [2.05, 4.69) is 6.07 Å². The first-order chi connectivity index (χ1) is 10.1. The lowest BCUT2D eigenvalue weighted by Crippen LogP contribution is -2.51. The number of amides is 1. The molecule has 7 heteroatoms. The molecule has 1 aromatic heterocycles. The van der Waals surface area contributed by atoms with Gasteiger partial charge in [0.05, 0.1) is 18.8 Å². The lowest BCUT2D eigenvalue weighted by atomic mass is 10.0. The molecule has 4 heterocycles. The van der Waals surface area contributed by atoms with Crippen molar-refractivity contribution in [2.24, 2.45) is 0 Å². The van der Waals surface area contributed by atoms with E-state index in [0.717, 1.165) is 17.9 Å². The zero-order chi connectivity index (χ0) is 14.6. The van der Waals surface area contributed by atoms with Gasteiger partial charge in [-0.25, -0.2) is 4.79 Å². The van der Waals surface area contributed by atoms with Gasteiger partial charge in [-0.1, -0.05) is 0 Å². The second-order valence-corrected chi connectivity index (χ2v) is 7.09. The number of rotatable bonds is 2. The maximum absolute atomic E-state index is 12.1. The van der Waals surface area contributed by atoms with Gasteiger partial charge in [0.25, 0.3) is 5.91 Å². The Bertz CT molecular complexity index is 695. The van der Waals surface area contributed by atoms with E-state index in [9.17, 15) is 9.59 Å². The van der Waals surface area contributed by atoms with Crippen LogP contribution in [0.4, 0.5) is 0 Å². The smallest absolute Gasteiger partial charge is 0.353 e. The molecule has 5 nitrogen and oxygen atoms in total. The Hall–Kier alpha value is -1.57. The third-order valence-corrected chi connectivity index (χ3v) is 5.96. The van der Waals surface area contributed by atoms with Gasteiger partial charge in [-0.2, -0.15) is 0 Å². The number of carbonyl (C=O) groups is 2. The number of thioether (sulfide) groups is 1. The first kappa shape index (κ1) is 13.1. The fourth-order valence-electron chi connectivity index (χ4n) is 2.66. The Balaban J connectivity index is 1.60. The molecule has 108 valence electrons. The molecule has 4 rings (SSSR count). The van der Waals surface area contributed by atoms with Crippen LogP contribution in [0.3, 0.4) is 0 Å². The molecule has 0 aromatic carbocycles. The average molecular weight is 321 g/mol. The van der Waals surface area contributed by atoms with Crippen LogP contribution in [0, 0.1) is 0 Å². The molecular weight excluding hydrogens is 310 g/mol. The Morgan fingerprint density at radius 1 is 1.52 bits per heavy atom. The summed E-state index contributed by atoms with van der Waals surface area (Å²) in [7, 11) is 0. The zero-order valence-electron chi connectivity index (χ0n) is 10.9. The maximum Gasteiger partial charge on any atom is 0.353 e. The molecule has 1 aromatic rings. The van der Waals surface area contributed by atoms with Crippen molar-refractivity contribution in [3.63, 3.8) is 0 Å². The average Bonchev–Trinajstić information content (AvgIpc) is 3.05. The molecule has 0 saturated carbocycles. The lowest BCUT2D eigenvalue weighted by molar-refractivity contribution is -0.141. The van der Waals surface area contributed by atoms with Crippen molar-refractivity contribution in [2.75, 3.05) is 6.61 Å². The van der Waals surface area contributed by atoms with Gasteiger partial charge in [-0.15, -0.1) is 23.1 Å². The lowest BCUT2D eigenvalue weighted by Gasteiger charge is -2.37. The van der Waals surface area contributed by atoms with Gasteiger partial charge in [0.2, 0.25) is 0 Å². The molecule has 0 spiro atoms. The predicted octanol–water partition coefficient (Wildman–Crippen LogP) is 2.05. The van der Waals surface area contributed by atoms with Gasteiger partial charge >= 0.3 is 5.97 Å². The monoisotopic (exact) mass is 321 g/mol. The summed E-state index contributed by atoms with van der Waals surface area (Å²) in [6, 6.07) is 2.06. The minimum Gasteiger partial charge on any atom is -0.477 e. The quantitative estimate of drug-likeness (QED) is 0.667. The summed E-state index contributed by atoms with van der Waals surface area (Å²) in [5.41, 5.74) is 1.95. The first-order valence-corrected chi connectivity index (χ1v) is 8.24. The topological polar surface area (TPSA) is 66.8 Å². The predicted molar refractivity (Wildman–Crippen MR) is 79.6 cm³/mol. The minimum absolute atomic E-state index is 0.0750. The van der Waals surface area contributed by atoms with Crippen LogP contribution in [0.5, 0.6) is 0 Å². The van der Waals surface area contributed by atoms with Crippen molar-refractivity contribution < 1.29 is 19.4 Å². The van der Waals surface area contributed by atoms with E-state index in [-0.39, 0.29) is 17.0 Å². The highest BCUT2D eigenvalue weighted by Gasteiger charge is 2.49. The maximum atomic E-state index is 12.1. The third kappa shape index (κ3) is 1.96. The molecule has 0 radical (unpaired) electrons. The van der Waals surface area contributed by atoms with Crippen LogP contribution in [0.25, 0.3) is 6.08 Å². The number of carbonyl (C=O) groups excluding carboxylic acids is 1. The molecule has 1 saturated heterocycles. The molecule has 1 atom stereocenters. The van der Waals surface area contributed by atoms with Crippen LogP contribution in [0.15, 0.2) is 22.7 Å². The molecule has 1 fully saturated rings. The van der Waals surface area contributed by atoms with Gasteiger partial charge in [0.1, 0.15) is 11.1 Å². The normalized spacial score (nSPS) is 25.4. The molecular formula is C14H11NO4S2. The van der Waals surface area contributed by atoms with Crippen LogP contribution in [0.2, 0.25) is 0 Å². The van der Waals surface area contributed by atoms with Gasteiger partial charge in [0.15, 0.2) is 0 Å². The molecule has 3 aliphatic rings. The van der Waals surface area contributed by atoms with Crippen LogP contribution < -0.4 is 0 Å². The number of nitrogens with zero attached hydrogens (tertiary/aromatic N) is 1. The Morgan fingerprint density at radius 3 is 3.14 bits per heavy atom. The number of ether oxygens (including phenoxy) is 1. The number of hydrogen-bond acceptors (Lipinski definition) is 5. The van der Waals surface area contributed by atoms with E-state index in [0.29, 0.717) is 12.2 Å². The van der Waals surface area contributed by atoms with Gasteiger partial charge in [-0.3, -0.25) is 9.69 Å². The van der Waals surface area contributed by atoms with Crippen LogP contribution >= 0.6 is 23.1 Å². The van der Waals surface area contributed by atoms with Crippen LogP contribution in [-0.4, -0.2) is 33.9 Å². The number of thiophene rings is 1. The van der Waals surface area contributed by atoms with E-state index in [4.69, 9.17) is 9.84 Å². The highest BCUT2D eigenvalue weighted by atomic mass is 32.2. The molecule has 1 N–H and O–H groups in total. The summed E-state index contributed by atoms with van der Waals surface area (Å²) in [4.78, 5) is 26.9. The van der Waals surface area contributed by atoms with Crippen molar-refractivity contribution in [1.82, 2.24) is 4.90 Å². The van der Waals surface area contributed by atoms with E-state index >= 15 is 0 Å². The molecule has 1 amide bonds. The van der Waals surface area contributed by atoms with E-state index in [1.165, 1.54) is 27.1 Å². The summed E-state index contributed by atoms with van der Waals surface area (Å²) < 4.78 is 5.42. The first-order valence-electron chi connectivity index (χ1n) is 6.48. The zero-order valence-corrected chi connectivity index (χ0v) is 12.5. The standard InChI is InChI=1S/C14H11NO4S2/c16-12-9(13-15(12)10(6-20-13)14(17)18)4-8-3-7-5-19-2-1-11(7)21-8/h3-4,6,13H,1-2,5H2,(H,17,18)/b9-4-/t13-/m1/s1. The second kappa shape index (κ2) is 4.72. The minimum atomic E-state index is -1.05. The SMILES string of the molecule is O=C(O)C1=CS[C@@H]2/C(=C\c3cc4c(s3)CCOC4)C(=O)N12. The Labute approximate surface area is 128 Å². The highest BCUT2D eigenvalue weighted by molar-refractivity contribution is 8.03. The number of carboxylic acids is 1. The van der Waals surface area contributed by atoms with Crippen LogP contribution in [-0.2, 0) is 27.4 Å². The number of carboxylic acid groups (broad SMARTS) is 1. The summed E-state index contributed by atoms with van der Waals surface area (Å²) >= 11 is 3.05. The molecule has 3 aliphatic heterocycles. The van der Waals surface area contributed by atoms with Gasteiger partial charge in [-0.05, 0) is 17.7 Å². The largest absolute Gasteiger partial charge is 0.477 e. The second-order valence-electron chi connectivity index (χ2n) is 4.97.